The van der Waals surface area contributed by atoms with Gasteiger partial charge in [0.15, 0.2) is 11.2 Å². The quantitative estimate of drug-likeness (QED) is 0.325. The van der Waals surface area contributed by atoms with Gasteiger partial charge in [-0.05, 0) is 20.3 Å². The van der Waals surface area contributed by atoms with Crippen LogP contribution in [0.2, 0.25) is 0 Å². The van der Waals surface area contributed by atoms with Crippen LogP contribution in [0.5, 0.6) is 0 Å². The predicted molar refractivity (Wildman–Crippen MR) is 63.9 cm³/mol. The van der Waals surface area contributed by atoms with Crippen molar-refractivity contribution < 1.29 is 23.9 Å². The van der Waals surface area contributed by atoms with Gasteiger partial charge in [0.25, 0.3) is 0 Å². The lowest BCUT2D eigenvalue weighted by molar-refractivity contribution is -0.175. The van der Waals surface area contributed by atoms with Gasteiger partial charge in [-0.25, -0.2) is 0 Å². The summed E-state index contributed by atoms with van der Waals surface area (Å²) < 4.78 is 10.3. The maximum Gasteiger partial charge on any atom is 0.322 e. The second kappa shape index (κ2) is 5.44. The summed E-state index contributed by atoms with van der Waals surface area (Å²) in [6.07, 6.45) is 0.150. The van der Waals surface area contributed by atoms with Crippen molar-refractivity contribution in [2.45, 2.75) is 38.9 Å². The smallest absolute Gasteiger partial charge is 0.322 e. The molecule has 0 amide bonds. The van der Waals surface area contributed by atoms with Crippen molar-refractivity contribution in [3.05, 3.63) is 12.2 Å². The van der Waals surface area contributed by atoms with Gasteiger partial charge in [0.05, 0.1) is 19.3 Å². The minimum Gasteiger partial charge on any atom is -0.468 e. The van der Waals surface area contributed by atoms with E-state index < -0.39 is 23.6 Å². The van der Waals surface area contributed by atoms with Crippen LogP contribution in [0.4, 0.5) is 0 Å². The first kappa shape index (κ1) is 14.6. The molecule has 0 aromatic heterocycles. The molecule has 0 saturated carbocycles. The molecular weight excluding hydrogens is 236 g/mol. The van der Waals surface area contributed by atoms with Crippen LogP contribution in [0, 0.1) is 5.41 Å². The van der Waals surface area contributed by atoms with Crippen molar-refractivity contribution in [2.24, 2.45) is 5.41 Å². The molecule has 1 aliphatic heterocycles. The Morgan fingerprint density at radius 2 is 2.22 bits per heavy atom. The number of esters is 1. The number of ether oxygens (including phenoxy) is 2. The molecule has 1 rings (SSSR count). The molecule has 1 saturated heterocycles. The summed E-state index contributed by atoms with van der Waals surface area (Å²) in [7, 11) is 1.22. The summed E-state index contributed by atoms with van der Waals surface area (Å²) in [6.45, 7) is 6.83. The molecule has 100 valence electrons. The van der Waals surface area contributed by atoms with Crippen molar-refractivity contribution >= 4 is 18.0 Å². The number of aldehydes is 1. The van der Waals surface area contributed by atoms with E-state index in [9.17, 15) is 14.4 Å². The van der Waals surface area contributed by atoms with E-state index in [1.165, 1.54) is 14.0 Å². The summed E-state index contributed by atoms with van der Waals surface area (Å²) >= 11 is 0. The van der Waals surface area contributed by atoms with Crippen LogP contribution in [0.25, 0.3) is 0 Å². The number of methoxy groups -OCH3 is 1. The van der Waals surface area contributed by atoms with Crippen molar-refractivity contribution in [3.63, 3.8) is 0 Å². The maximum absolute atomic E-state index is 12.3. The average Bonchev–Trinajstić information content (AvgIpc) is 2.37. The summed E-state index contributed by atoms with van der Waals surface area (Å²) in [5.74, 6) is -1.03. The second-order valence-corrected chi connectivity index (χ2v) is 4.56. The number of Topliss-reactive ketones (excluding diaryl/α,β-unsaturated/α-hetero) is 1. The molecule has 1 fully saturated rings. The number of hydrogen-bond acceptors (Lipinski definition) is 5. The van der Waals surface area contributed by atoms with Crippen LogP contribution in [-0.2, 0) is 23.9 Å². The minimum atomic E-state index is -1.42. The van der Waals surface area contributed by atoms with Gasteiger partial charge in [-0.1, -0.05) is 6.58 Å². The van der Waals surface area contributed by atoms with Crippen molar-refractivity contribution in [1.29, 1.82) is 0 Å². The van der Waals surface area contributed by atoms with Crippen LogP contribution in [0.15, 0.2) is 12.2 Å². The summed E-state index contributed by atoms with van der Waals surface area (Å²) in [5.41, 5.74) is -1.16. The molecule has 0 aromatic carbocycles. The number of ketones is 1. The fourth-order valence-electron chi connectivity index (χ4n) is 2.14. The lowest BCUT2D eigenvalue weighted by Crippen LogP contribution is -2.55. The Labute approximate surface area is 106 Å². The van der Waals surface area contributed by atoms with Gasteiger partial charge in [0.1, 0.15) is 6.29 Å². The largest absolute Gasteiger partial charge is 0.468 e. The van der Waals surface area contributed by atoms with Gasteiger partial charge in [-0.15, -0.1) is 0 Å². The Balaban J connectivity index is 3.11. The molecule has 1 heterocycles. The highest BCUT2D eigenvalue weighted by Gasteiger charge is 2.54. The molecule has 0 bridgehead atoms. The number of hydrogen-bond donors (Lipinski definition) is 0. The van der Waals surface area contributed by atoms with E-state index in [1.54, 1.807) is 6.92 Å². The van der Waals surface area contributed by atoms with Crippen molar-refractivity contribution in [1.82, 2.24) is 0 Å². The summed E-state index contributed by atoms with van der Waals surface area (Å²) in [6, 6.07) is 0. The van der Waals surface area contributed by atoms with Gasteiger partial charge in [-0.2, -0.15) is 0 Å². The van der Waals surface area contributed by atoms with E-state index in [0.717, 1.165) is 6.29 Å². The zero-order chi connectivity index (χ0) is 13.9. The van der Waals surface area contributed by atoms with Crippen LogP contribution in [0.1, 0.15) is 26.7 Å². The summed E-state index contributed by atoms with van der Waals surface area (Å²) in [4.78, 5) is 34.6. The van der Waals surface area contributed by atoms with E-state index in [0.29, 0.717) is 6.42 Å². The zero-order valence-electron chi connectivity index (χ0n) is 10.9. The van der Waals surface area contributed by atoms with E-state index in [-0.39, 0.29) is 17.8 Å². The molecule has 0 N–H and O–H groups in total. The lowest BCUT2D eigenvalue weighted by Gasteiger charge is -2.40. The minimum absolute atomic E-state index is 0.226. The average molecular weight is 254 g/mol. The first-order valence-corrected chi connectivity index (χ1v) is 5.80. The molecule has 5 heteroatoms. The molecule has 3 atom stereocenters. The first-order chi connectivity index (χ1) is 8.39. The molecule has 1 aliphatic rings. The van der Waals surface area contributed by atoms with E-state index in [1.807, 2.05) is 0 Å². The van der Waals surface area contributed by atoms with Gasteiger partial charge in [-0.3, -0.25) is 9.59 Å². The normalized spacial score (nSPS) is 32.2. The van der Waals surface area contributed by atoms with Crippen LogP contribution >= 0.6 is 0 Å². The van der Waals surface area contributed by atoms with Gasteiger partial charge in [0, 0.05) is 12.0 Å². The SMILES string of the molecule is C=C1C(=O)C(C)(C(=O)OC)C(CCC=O)OC1C. The topological polar surface area (TPSA) is 69.7 Å². The Morgan fingerprint density at radius 3 is 2.72 bits per heavy atom. The van der Waals surface area contributed by atoms with Crippen molar-refractivity contribution in [2.75, 3.05) is 7.11 Å². The standard InChI is InChI=1S/C13H18O5/c1-8-9(2)18-10(6-5-7-14)13(3,11(8)15)12(16)17-4/h7,9-10H,1,5-6H2,2-4H3. The molecule has 5 nitrogen and oxygen atoms in total. The lowest BCUT2D eigenvalue weighted by atomic mass is 9.72. The summed E-state index contributed by atoms with van der Waals surface area (Å²) in [5, 5.41) is 0. The second-order valence-electron chi connectivity index (χ2n) is 4.56. The number of carbonyl (C=O) groups is 3. The van der Waals surface area contributed by atoms with E-state index >= 15 is 0 Å². The Hall–Kier alpha value is -1.49. The van der Waals surface area contributed by atoms with Crippen LogP contribution in [0.3, 0.4) is 0 Å². The third-order valence-electron chi connectivity index (χ3n) is 3.42. The molecule has 18 heavy (non-hydrogen) atoms. The van der Waals surface area contributed by atoms with E-state index in [2.05, 4.69) is 11.3 Å². The highest BCUT2D eigenvalue weighted by molar-refractivity contribution is 6.13. The number of carbonyl (C=O) groups excluding carboxylic acids is 3. The van der Waals surface area contributed by atoms with Crippen molar-refractivity contribution in [3.8, 4) is 0 Å². The maximum atomic E-state index is 12.3. The molecule has 0 aromatic rings. The van der Waals surface area contributed by atoms with Crippen LogP contribution < -0.4 is 0 Å². The molecule has 0 radical (unpaired) electrons. The highest BCUT2D eigenvalue weighted by Crippen LogP contribution is 2.38. The Kier molecular flexibility index (Phi) is 4.40. The molecular formula is C13H18O5. The zero-order valence-corrected chi connectivity index (χ0v) is 10.9. The molecule has 0 spiro atoms. The predicted octanol–water partition coefficient (Wildman–Crippen LogP) is 1.06. The fourth-order valence-corrected chi connectivity index (χ4v) is 2.14. The first-order valence-electron chi connectivity index (χ1n) is 5.80. The number of rotatable bonds is 4. The third-order valence-corrected chi connectivity index (χ3v) is 3.42. The molecule has 0 aliphatic carbocycles. The van der Waals surface area contributed by atoms with E-state index in [4.69, 9.17) is 4.74 Å². The van der Waals surface area contributed by atoms with Gasteiger partial charge < -0.3 is 14.3 Å². The van der Waals surface area contributed by atoms with Gasteiger partial charge in [0.2, 0.25) is 0 Å². The fraction of sp³-hybridized carbons (Fsp3) is 0.615. The van der Waals surface area contributed by atoms with Gasteiger partial charge >= 0.3 is 5.97 Å². The Morgan fingerprint density at radius 1 is 1.61 bits per heavy atom. The molecule has 3 unspecified atom stereocenters. The third kappa shape index (κ3) is 2.22. The highest BCUT2D eigenvalue weighted by atomic mass is 16.5. The monoisotopic (exact) mass is 254 g/mol. The van der Waals surface area contributed by atoms with Crippen LogP contribution in [-0.4, -0.2) is 37.4 Å². The Bertz CT molecular complexity index is 387.